The summed E-state index contributed by atoms with van der Waals surface area (Å²) in [6.07, 6.45) is 0. The molecule has 0 bridgehead atoms. The Morgan fingerprint density at radius 3 is 1.01 bits per heavy atom. The van der Waals surface area contributed by atoms with Crippen LogP contribution in [0.3, 0.4) is 0 Å². The predicted octanol–water partition coefficient (Wildman–Crippen LogP) is 16.0. The number of hydrogen-bond acceptors (Lipinski definition) is 3. The van der Waals surface area contributed by atoms with Gasteiger partial charge in [-0.2, -0.15) is 0 Å². The van der Waals surface area contributed by atoms with Crippen molar-refractivity contribution < 1.29 is 0 Å². The molecule has 3 nitrogen and oxygen atoms in total. The fourth-order valence-electron chi connectivity index (χ4n) is 11.2. The molecule has 310 valence electrons. The van der Waals surface area contributed by atoms with Gasteiger partial charge in [-0.3, -0.25) is 0 Å². The zero-order valence-electron chi connectivity index (χ0n) is 36.4. The Labute approximate surface area is 388 Å². The van der Waals surface area contributed by atoms with Crippen LogP contribution in [0, 0.1) is 0 Å². The van der Waals surface area contributed by atoms with Gasteiger partial charge in [0, 0.05) is 16.7 Å². The molecular formula is C64H39N3. The highest BCUT2D eigenvalue weighted by molar-refractivity contribution is 5.97. The van der Waals surface area contributed by atoms with Gasteiger partial charge in [-0.1, -0.05) is 194 Å². The highest BCUT2D eigenvalue weighted by Crippen LogP contribution is 2.63. The lowest BCUT2D eigenvalue weighted by molar-refractivity contribution is 0.794. The molecule has 2 aliphatic carbocycles. The first-order chi connectivity index (χ1) is 33.2. The lowest BCUT2D eigenvalue weighted by atomic mass is 9.70. The summed E-state index contributed by atoms with van der Waals surface area (Å²) in [5.74, 6) is 1.88. The lowest BCUT2D eigenvalue weighted by Crippen LogP contribution is -2.25. The second-order valence-electron chi connectivity index (χ2n) is 17.9. The number of rotatable bonds is 5. The van der Waals surface area contributed by atoms with E-state index in [4.69, 9.17) is 15.0 Å². The second-order valence-corrected chi connectivity index (χ2v) is 17.9. The van der Waals surface area contributed by atoms with Gasteiger partial charge < -0.3 is 0 Å². The number of nitrogens with zero attached hydrogens (tertiary/aromatic N) is 3. The molecule has 0 radical (unpaired) electrons. The van der Waals surface area contributed by atoms with Crippen LogP contribution in [-0.4, -0.2) is 15.0 Å². The molecule has 1 heterocycles. The van der Waals surface area contributed by atoms with Crippen molar-refractivity contribution >= 4 is 32.3 Å². The summed E-state index contributed by atoms with van der Waals surface area (Å²) in [6.45, 7) is 0. The van der Waals surface area contributed by atoms with Gasteiger partial charge in [-0.15, -0.1) is 0 Å². The first kappa shape index (κ1) is 37.6. The van der Waals surface area contributed by atoms with E-state index in [0.717, 1.165) is 49.7 Å². The number of benzene rings is 11. The van der Waals surface area contributed by atoms with Crippen molar-refractivity contribution in [3.05, 3.63) is 259 Å². The van der Waals surface area contributed by atoms with Crippen LogP contribution in [0.15, 0.2) is 237 Å². The number of fused-ring (bicyclic) bond motifs is 13. The molecule has 0 unspecified atom stereocenters. The van der Waals surface area contributed by atoms with Gasteiger partial charge in [-0.05, 0) is 142 Å². The maximum atomic E-state index is 5.36. The zero-order valence-corrected chi connectivity index (χ0v) is 36.4. The van der Waals surface area contributed by atoms with E-state index in [-0.39, 0.29) is 0 Å². The Bertz CT molecular complexity index is 3850. The van der Waals surface area contributed by atoms with Crippen LogP contribution in [0.2, 0.25) is 0 Å². The average Bonchev–Trinajstić information content (AvgIpc) is 3.87. The molecule has 0 saturated carbocycles. The molecule has 0 N–H and O–H groups in total. The topological polar surface area (TPSA) is 38.7 Å². The minimum atomic E-state index is -0.453. The van der Waals surface area contributed by atoms with Crippen molar-refractivity contribution in [1.82, 2.24) is 15.0 Å². The normalized spacial score (nSPS) is 12.9. The summed E-state index contributed by atoms with van der Waals surface area (Å²) in [5, 5.41) is 7.03. The van der Waals surface area contributed by atoms with E-state index in [1.54, 1.807) is 0 Å². The third-order valence-electron chi connectivity index (χ3n) is 14.3. The highest BCUT2D eigenvalue weighted by Gasteiger charge is 2.51. The average molecular weight is 850 g/mol. The smallest absolute Gasteiger partial charge is 0.164 e. The van der Waals surface area contributed by atoms with Crippen LogP contribution >= 0.6 is 0 Å². The Morgan fingerprint density at radius 1 is 0.209 bits per heavy atom. The van der Waals surface area contributed by atoms with Crippen LogP contribution in [0.25, 0.3) is 111 Å². The molecule has 0 saturated heterocycles. The van der Waals surface area contributed by atoms with E-state index in [1.165, 1.54) is 66.1 Å². The van der Waals surface area contributed by atoms with E-state index in [9.17, 15) is 0 Å². The maximum absolute atomic E-state index is 5.36. The molecule has 12 aromatic rings. The Hall–Kier alpha value is -8.79. The molecular weight excluding hydrogens is 811 g/mol. The minimum Gasteiger partial charge on any atom is -0.208 e. The first-order valence-corrected chi connectivity index (χ1v) is 23.0. The summed E-state index contributed by atoms with van der Waals surface area (Å²) in [4.78, 5) is 15.9. The van der Waals surface area contributed by atoms with Crippen LogP contribution in [0.1, 0.15) is 22.3 Å². The minimum absolute atomic E-state index is 0.453. The van der Waals surface area contributed by atoms with Crippen molar-refractivity contribution in [2.75, 3.05) is 0 Å². The van der Waals surface area contributed by atoms with Gasteiger partial charge in [0.25, 0.3) is 0 Å². The SMILES string of the molecule is c1ccc2c(c1)-c1ccccc1C21c2ccccc2-c2ccc(-c3cc(-c4ccc5ccccc5c4)cc(-c4nc(-c5ccc6ccccc6c5)nc(-c5ccc6ccccc6c5)n4)c3)cc21. The fraction of sp³-hybridized carbons (Fsp3) is 0.0156. The van der Waals surface area contributed by atoms with Gasteiger partial charge in [0.05, 0.1) is 5.41 Å². The molecule has 0 amide bonds. The van der Waals surface area contributed by atoms with Crippen molar-refractivity contribution in [2.24, 2.45) is 0 Å². The van der Waals surface area contributed by atoms with E-state index >= 15 is 0 Å². The highest BCUT2D eigenvalue weighted by atomic mass is 15.0. The predicted molar refractivity (Wildman–Crippen MR) is 276 cm³/mol. The molecule has 2 aliphatic rings. The summed E-state index contributed by atoms with van der Waals surface area (Å²) < 4.78 is 0. The van der Waals surface area contributed by atoms with Gasteiger partial charge in [-0.25, -0.2) is 15.0 Å². The molecule has 0 fully saturated rings. The quantitative estimate of drug-likeness (QED) is 0.173. The molecule has 67 heavy (non-hydrogen) atoms. The molecule has 3 heteroatoms. The standard InChI is InChI=1S/C64H39N3/c1-4-16-43-33-46(28-25-40(43)13-1)50-36-51(47-31-32-56-55-21-9-12-24-59(55)64(60(56)39-47)57-22-10-7-19-53(57)54-20-8-11-23-58(54)64)38-52(37-50)63-66-61(48-29-26-41-14-2-5-17-44(41)34-48)65-62(67-63)49-30-27-42-15-3-6-18-45(42)35-49/h1-39H. The summed E-state index contributed by atoms with van der Waals surface area (Å²) in [5.41, 5.74) is 17.2. The van der Waals surface area contributed by atoms with Crippen LogP contribution < -0.4 is 0 Å². The van der Waals surface area contributed by atoms with Crippen LogP contribution in [0.5, 0.6) is 0 Å². The number of aromatic nitrogens is 3. The largest absolute Gasteiger partial charge is 0.208 e. The Balaban J connectivity index is 1.01. The summed E-state index contributed by atoms with van der Waals surface area (Å²) in [7, 11) is 0. The first-order valence-electron chi connectivity index (χ1n) is 23.0. The molecule has 0 atom stereocenters. The Morgan fingerprint density at radius 2 is 0.537 bits per heavy atom. The second kappa shape index (κ2) is 14.6. The summed E-state index contributed by atoms with van der Waals surface area (Å²) >= 11 is 0. The zero-order chi connectivity index (χ0) is 44.1. The third kappa shape index (κ3) is 5.81. The lowest BCUT2D eigenvalue weighted by Gasteiger charge is -2.30. The van der Waals surface area contributed by atoms with Crippen molar-refractivity contribution in [3.63, 3.8) is 0 Å². The number of hydrogen-bond donors (Lipinski definition) is 0. The monoisotopic (exact) mass is 849 g/mol. The van der Waals surface area contributed by atoms with Crippen molar-refractivity contribution in [1.29, 1.82) is 0 Å². The van der Waals surface area contributed by atoms with Crippen molar-refractivity contribution in [3.8, 4) is 78.7 Å². The van der Waals surface area contributed by atoms with E-state index in [0.29, 0.717) is 17.5 Å². The Kier molecular flexibility index (Phi) is 8.20. The van der Waals surface area contributed by atoms with Crippen LogP contribution in [-0.2, 0) is 5.41 Å². The summed E-state index contributed by atoms with van der Waals surface area (Å²) in [6, 6.07) is 86.2. The molecule has 14 rings (SSSR count). The molecule has 1 aromatic heterocycles. The fourth-order valence-corrected chi connectivity index (χ4v) is 11.2. The van der Waals surface area contributed by atoms with Gasteiger partial charge in [0.15, 0.2) is 17.5 Å². The maximum Gasteiger partial charge on any atom is 0.164 e. The third-order valence-corrected chi connectivity index (χ3v) is 14.3. The van der Waals surface area contributed by atoms with Crippen molar-refractivity contribution in [2.45, 2.75) is 5.41 Å². The van der Waals surface area contributed by atoms with Gasteiger partial charge in [0.1, 0.15) is 0 Å². The molecule has 1 spiro atoms. The van der Waals surface area contributed by atoms with E-state index in [1.807, 2.05) is 0 Å². The molecule has 0 aliphatic heterocycles. The van der Waals surface area contributed by atoms with E-state index in [2.05, 4.69) is 237 Å². The van der Waals surface area contributed by atoms with Gasteiger partial charge >= 0.3 is 0 Å². The van der Waals surface area contributed by atoms with Gasteiger partial charge in [0.2, 0.25) is 0 Å². The molecule has 11 aromatic carbocycles. The van der Waals surface area contributed by atoms with E-state index < -0.39 is 5.41 Å². The van der Waals surface area contributed by atoms with Crippen LogP contribution in [0.4, 0.5) is 0 Å².